The van der Waals surface area contributed by atoms with Crippen LogP contribution in [-0.2, 0) is 38.3 Å². The number of rotatable bonds is 16. The number of carbonyl (C=O) groups excluding carboxylic acids is 4. The van der Waals surface area contributed by atoms with Crippen molar-refractivity contribution in [3.05, 3.63) is 47.6 Å². The molecule has 0 bridgehead atoms. The van der Waals surface area contributed by atoms with Gasteiger partial charge in [0.1, 0.15) is 6.29 Å². The van der Waals surface area contributed by atoms with Gasteiger partial charge in [0.15, 0.2) is 0 Å². The van der Waals surface area contributed by atoms with Crippen molar-refractivity contribution in [2.75, 3.05) is 97.0 Å². The van der Waals surface area contributed by atoms with Gasteiger partial charge >= 0.3 is 23.9 Å². The SMILES string of the molecule is CCOC(=O)C(=C\C=O)/C=C/c1ccc(NC(=O)CNC(=O)CN2CCN(CC(=O)O)CCN(CC(=O)O)CCN(CC(=O)O)CC2)cc1. The van der Waals surface area contributed by atoms with Crippen LogP contribution in [0, 0.1) is 0 Å². The van der Waals surface area contributed by atoms with Crippen LogP contribution in [0.5, 0.6) is 0 Å². The summed E-state index contributed by atoms with van der Waals surface area (Å²) in [5.74, 6) is -4.75. The minimum Gasteiger partial charge on any atom is -0.480 e. The summed E-state index contributed by atoms with van der Waals surface area (Å²) in [5.41, 5.74) is 1.21. The van der Waals surface area contributed by atoms with E-state index in [-0.39, 0.29) is 97.3 Å². The first kappa shape index (κ1) is 40.2. The normalized spacial score (nSPS) is 16.2. The van der Waals surface area contributed by atoms with E-state index in [1.807, 2.05) is 0 Å². The van der Waals surface area contributed by atoms with Crippen LogP contribution in [0.2, 0.25) is 0 Å². The summed E-state index contributed by atoms with van der Waals surface area (Å²) >= 11 is 0. The van der Waals surface area contributed by atoms with Crippen LogP contribution in [0.1, 0.15) is 12.5 Å². The highest BCUT2D eigenvalue weighted by atomic mass is 16.5. The Balaban J connectivity index is 1.98. The first-order chi connectivity index (χ1) is 23.4. The van der Waals surface area contributed by atoms with Gasteiger partial charge < -0.3 is 30.7 Å². The predicted octanol–water partition coefficient (Wildman–Crippen LogP) is -1.08. The summed E-state index contributed by atoms with van der Waals surface area (Å²) in [5, 5.41) is 33.3. The zero-order valence-electron chi connectivity index (χ0n) is 27.4. The molecule has 0 aromatic heterocycles. The van der Waals surface area contributed by atoms with E-state index in [0.717, 1.165) is 6.08 Å². The number of carboxylic acids is 3. The molecule has 2 rings (SSSR count). The zero-order chi connectivity index (χ0) is 36.2. The number of nitrogens with one attached hydrogen (secondary N) is 2. The van der Waals surface area contributed by atoms with E-state index in [9.17, 15) is 48.9 Å². The number of hydrogen-bond acceptors (Lipinski definition) is 12. The maximum absolute atomic E-state index is 12.8. The van der Waals surface area contributed by atoms with E-state index in [1.54, 1.807) is 56.9 Å². The number of hydrogen-bond donors (Lipinski definition) is 5. The van der Waals surface area contributed by atoms with Crippen LogP contribution in [0.3, 0.4) is 0 Å². The molecule has 0 saturated carbocycles. The molecule has 0 atom stereocenters. The molecule has 0 radical (unpaired) electrons. The topological polar surface area (TPSA) is 226 Å². The van der Waals surface area contributed by atoms with E-state index in [0.29, 0.717) is 17.5 Å². The highest BCUT2D eigenvalue weighted by molar-refractivity contribution is 5.97. The number of allylic oxidation sites excluding steroid dienone is 1. The number of aldehydes is 1. The van der Waals surface area contributed by atoms with Gasteiger partial charge in [0, 0.05) is 58.0 Å². The molecule has 0 spiro atoms. The summed E-state index contributed by atoms with van der Waals surface area (Å²) in [6.45, 7) is 2.56. The number of aliphatic carboxylic acids is 3. The maximum Gasteiger partial charge on any atom is 0.338 e. The number of ether oxygens (including phenoxy) is 1. The molecule has 1 heterocycles. The van der Waals surface area contributed by atoms with E-state index < -0.39 is 35.7 Å². The summed E-state index contributed by atoms with van der Waals surface area (Å²) in [6.07, 6.45) is 4.63. The minimum absolute atomic E-state index is 0.0807. The fourth-order valence-corrected chi connectivity index (χ4v) is 4.77. The zero-order valence-corrected chi connectivity index (χ0v) is 27.4. The van der Waals surface area contributed by atoms with Gasteiger partial charge in [-0.3, -0.25) is 48.4 Å². The molecule has 17 nitrogen and oxygen atoms in total. The summed E-state index contributed by atoms with van der Waals surface area (Å²) in [6, 6.07) is 6.60. The molecule has 1 aromatic carbocycles. The van der Waals surface area contributed by atoms with Crippen molar-refractivity contribution in [2.45, 2.75) is 6.92 Å². The van der Waals surface area contributed by atoms with Crippen LogP contribution in [0.25, 0.3) is 6.08 Å². The molecule has 1 aliphatic heterocycles. The Hall–Kier alpha value is -4.97. The fourth-order valence-electron chi connectivity index (χ4n) is 4.77. The second kappa shape index (κ2) is 21.8. The third-order valence-electron chi connectivity index (χ3n) is 7.23. The number of anilines is 1. The number of nitrogens with zero attached hydrogens (tertiary/aromatic N) is 4. The van der Waals surface area contributed by atoms with Crippen molar-refractivity contribution >= 4 is 53.7 Å². The Morgan fingerprint density at radius 3 is 1.57 bits per heavy atom. The first-order valence-electron chi connectivity index (χ1n) is 15.6. The Kier molecular flexibility index (Phi) is 17.9. The van der Waals surface area contributed by atoms with Crippen molar-refractivity contribution in [2.24, 2.45) is 0 Å². The maximum atomic E-state index is 12.8. The molecular weight excluding hydrogens is 644 g/mol. The molecular formula is C32H44N6O11. The first-order valence-corrected chi connectivity index (χ1v) is 15.6. The molecule has 2 amide bonds. The molecule has 1 aliphatic rings. The number of benzene rings is 1. The highest BCUT2D eigenvalue weighted by Crippen LogP contribution is 2.12. The smallest absolute Gasteiger partial charge is 0.338 e. The van der Waals surface area contributed by atoms with Crippen molar-refractivity contribution in [3.8, 4) is 0 Å². The highest BCUT2D eigenvalue weighted by Gasteiger charge is 2.21. The number of carbonyl (C=O) groups is 7. The average Bonchev–Trinajstić information content (AvgIpc) is 3.03. The van der Waals surface area contributed by atoms with Crippen molar-refractivity contribution in [1.29, 1.82) is 0 Å². The lowest BCUT2D eigenvalue weighted by atomic mass is 10.1. The van der Waals surface area contributed by atoms with Gasteiger partial charge in [0.25, 0.3) is 0 Å². The Bertz CT molecular complexity index is 1330. The third-order valence-corrected chi connectivity index (χ3v) is 7.23. The van der Waals surface area contributed by atoms with Gasteiger partial charge in [-0.15, -0.1) is 0 Å². The second-order valence-corrected chi connectivity index (χ2v) is 11.0. The van der Waals surface area contributed by atoms with Gasteiger partial charge in [0.05, 0.1) is 44.9 Å². The van der Waals surface area contributed by atoms with Gasteiger partial charge in [0.2, 0.25) is 11.8 Å². The Labute approximate surface area is 283 Å². The molecule has 0 unspecified atom stereocenters. The van der Waals surface area contributed by atoms with Gasteiger partial charge in [-0.1, -0.05) is 18.2 Å². The third kappa shape index (κ3) is 17.1. The van der Waals surface area contributed by atoms with Crippen LogP contribution in [0.15, 0.2) is 42.0 Å². The van der Waals surface area contributed by atoms with Crippen molar-refractivity contribution in [3.63, 3.8) is 0 Å². The standard InChI is InChI=1S/C32H44N6O11/c1-2-49-32(48)25(9-18-39)6-3-24-4-7-26(8-5-24)34-27(40)19-33-28(41)20-35-10-12-36(21-29(42)43)14-16-38(23-31(46)47)17-15-37(13-11-35)22-30(44)45/h3-9,18H,2,10-17,19-23H2,1H3,(H,33,41)(H,34,40)(H,42,43)(H,44,45)(H,46,47)/b6-3+,25-9-. The molecule has 268 valence electrons. The molecule has 17 heteroatoms. The lowest BCUT2D eigenvalue weighted by molar-refractivity contribution is -0.140. The second-order valence-electron chi connectivity index (χ2n) is 11.0. The molecule has 5 N–H and O–H groups in total. The lowest BCUT2D eigenvalue weighted by Crippen LogP contribution is -2.50. The van der Waals surface area contributed by atoms with Gasteiger partial charge in [-0.25, -0.2) is 4.79 Å². The predicted molar refractivity (Wildman–Crippen MR) is 177 cm³/mol. The molecule has 1 fully saturated rings. The van der Waals surface area contributed by atoms with E-state index in [2.05, 4.69) is 10.6 Å². The minimum atomic E-state index is -1.05. The van der Waals surface area contributed by atoms with E-state index >= 15 is 0 Å². The summed E-state index contributed by atoms with van der Waals surface area (Å²) in [4.78, 5) is 89.1. The summed E-state index contributed by atoms with van der Waals surface area (Å²) < 4.78 is 4.91. The van der Waals surface area contributed by atoms with Gasteiger partial charge in [-0.05, 0) is 36.8 Å². The Morgan fingerprint density at radius 1 is 0.714 bits per heavy atom. The van der Waals surface area contributed by atoms with Crippen molar-refractivity contribution < 1.29 is 53.6 Å². The van der Waals surface area contributed by atoms with E-state index in [1.165, 1.54) is 6.08 Å². The van der Waals surface area contributed by atoms with Crippen molar-refractivity contribution in [1.82, 2.24) is 24.9 Å². The Morgan fingerprint density at radius 2 is 1.16 bits per heavy atom. The van der Waals surface area contributed by atoms with Crippen LogP contribution < -0.4 is 10.6 Å². The number of amides is 2. The van der Waals surface area contributed by atoms with Crippen LogP contribution in [-0.4, -0.2) is 169 Å². The molecule has 1 saturated heterocycles. The van der Waals surface area contributed by atoms with E-state index in [4.69, 9.17) is 4.74 Å². The molecule has 0 aliphatic carbocycles. The molecule has 49 heavy (non-hydrogen) atoms. The molecule has 1 aromatic rings. The number of esters is 1. The average molecular weight is 689 g/mol. The fraction of sp³-hybridized carbons (Fsp3) is 0.469. The van der Waals surface area contributed by atoms with Crippen LogP contribution in [0.4, 0.5) is 5.69 Å². The largest absolute Gasteiger partial charge is 0.480 e. The van der Waals surface area contributed by atoms with Crippen LogP contribution >= 0.6 is 0 Å². The lowest BCUT2D eigenvalue weighted by Gasteiger charge is -2.32. The number of carboxylic acid groups (broad SMARTS) is 3. The monoisotopic (exact) mass is 688 g/mol. The summed E-state index contributed by atoms with van der Waals surface area (Å²) in [7, 11) is 0. The quantitative estimate of drug-likeness (QED) is 0.0603. The van der Waals surface area contributed by atoms with Gasteiger partial charge in [-0.2, -0.15) is 0 Å².